The number of rotatable bonds is 15. The fourth-order valence-electron chi connectivity index (χ4n) is 3.33. The zero-order valence-electron chi connectivity index (χ0n) is 17.2. The molecule has 0 aromatic heterocycles. The standard InChI is InChI=1S/C20H30N2O8/c1-3-26-7-9-28-20(25)17-12-19(24)22(14-17)6-5-21-13-16(11-18(21)23)15-30-29-10-8-27-4-2/h3-4,16-17H,1-2,5-15H2. The normalized spacial score (nSPS) is 21.1. The van der Waals surface area contributed by atoms with E-state index in [1.54, 1.807) is 9.80 Å². The van der Waals surface area contributed by atoms with Crippen LogP contribution in [0.3, 0.4) is 0 Å². The van der Waals surface area contributed by atoms with E-state index in [1.165, 1.54) is 12.5 Å². The zero-order chi connectivity index (χ0) is 21.8. The van der Waals surface area contributed by atoms with Crippen molar-refractivity contribution in [2.75, 3.05) is 59.2 Å². The summed E-state index contributed by atoms with van der Waals surface area (Å²) in [5.41, 5.74) is 0. The minimum atomic E-state index is -0.487. The Hall–Kier alpha value is -2.59. The molecule has 30 heavy (non-hydrogen) atoms. The van der Waals surface area contributed by atoms with E-state index in [-0.39, 0.29) is 44.0 Å². The molecule has 168 valence electrons. The summed E-state index contributed by atoms with van der Waals surface area (Å²) in [4.78, 5) is 49.9. The van der Waals surface area contributed by atoms with E-state index in [9.17, 15) is 14.4 Å². The highest BCUT2D eigenvalue weighted by atomic mass is 17.2. The average Bonchev–Trinajstić information content (AvgIpc) is 3.28. The molecule has 0 aromatic carbocycles. The zero-order valence-corrected chi connectivity index (χ0v) is 17.2. The lowest BCUT2D eigenvalue weighted by molar-refractivity contribution is -0.303. The van der Waals surface area contributed by atoms with Crippen molar-refractivity contribution in [1.29, 1.82) is 0 Å². The number of esters is 1. The molecule has 0 bridgehead atoms. The number of nitrogens with zero attached hydrogens (tertiary/aromatic N) is 2. The van der Waals surface area contributed by atoms with E-state index < -0.39 is 11.9 Å². The quantitative estimate of drug-likeness (QED) is 0.123. The first-order valence-corrected chi connectivity index (χ1v) is 9.96. The molecule has 2 saturated heterocycles. The van der Waals surface area contributed by atoms with Gasteiger partial charge in [-0.2, -0.15) is 0 Å². The van der Waals surface area contributed by atoms with Crippen LogP contribution in [-0.4, -0.2) is 86.8 Å². The molecule has 0 spiro atoms. The van der Waals surface area contributed by atoms with Crippen molar-refractivity contribution in [2.24, 2.45) is 11.8 Å². The molecular weight excluding hydrogens is 396 g/mol. The topological polar surface area (TPSA) is 104 Å². The summed E-state index contributed by atoms with van der Waals surface area (Å²) >= 11 is 0. The van der Waals surface area contributed by atoms with Crippen molar-refractivity contribution in [3.8, 4) is 0 Å². The van der Waals surface area contributed by atoms with Crippen LogP contribution in [0.4, 0.5) is 0 Å². The van der Waals surface area contributed by atoms with Gasteiger partial charge >= 0.3 is 5.97 Å². The highest BCUT2D eigenvalue weighted by molar-refractivity contribution is 5.86. The molecule has 0 aliphatic carbocycles. The number of ether oxygens (including phenoxy) is 3. The van der Waals surface area contributed by atoms with Crippen molar-refractivity contribution in [1.82, 2.24) is 9.80 Å². The van der Waals surface area contributed by atoms with Gasteiger partial charge in [-0.05, 0) is 0 Å². The molecule has 0 aromatic rings. The van der Waals surface area contributed by atoms with Crippen molar-refractivity contribution in [2.45, 2.75) is 12.8 Å². The number of amides is 2. The third-order valence-electron chi connectivity index (χ3n) is 4.84. The van der Waals surface area contributed by atoms with Gasteiger partial charge in [-0.25, -0.2) is 9.78 Å². The summed E-state index contributed by atoms with van der Waals surface area (Å²) in [5.74, 6) is -0.956. The lowest BCUT2D eigenvalue weighted by Gasteiger charge is -2.22. The van der Waals surface area contributed by atoms with Gasteiger partial charge in [0.25, 0.3) is 0 Å². The van der Waals surface area contributed by atoms with E-state index in [0.717, 1.165) is 0 Å². The summed E-state index contributed by atoms with van der Waals surface area (Å²) in [6.45, 7) is 9.76. The number of carbonyl (C=O) groups excluding carboxylic acids is 3. The molecule has 2 rings (SSSR count). The minimum absolute atomic E-state index is 0.0171. The second-order valence-corrected chi connectivity index (χ2v) is 7.00. The first-order chi connectivity index (χ1) is 14.5. The van der Waals surface area contributed by atoms with E-state index in [4.69, 9.17) is 24.0 Å². The number of likely N-dealkylation sites (tertiary alicyclic amines) is 2. The van der Waals surface area contributed by atoms with E-state index >= 15 is 0 Å². The van der Waals surface area contributed by atoms with Crippen LogP contribution in [0.2, 0.25) is 0 Å². The lowest BCUT2D eigenvalue weighted by Crippen LogP contribution is -2.37. The molecule has 2 aliphatic rings. The molecule has 2 amide bonds. The van der Waals surface area contributed by atoms with Crippen LogP contribution in [0, 0.1) is 11.8 Å². The Bertz CT molecular complexity index is 612. The summed E-state index contributed by atoms with van der Waals surface area (Å²) in [6, 6.07) is 0. The molecule has 0 saturated carbocycles. The van der Waals surface area contributed by atoms with Crippen molar-refractivity contribution >= 4 is 17.8 Å². The highest BCUT2D eigenvalue weighted by Gasteiger charge is 2.36. The van der Waals surface area contributed by atoms with Crippen LogP contribution in [0.5, 0.6) is 0 Å². The molecule has 0 radical (unpaired) electrons. The first kappa shape index (κ1) is 23.7. The Morgan fingerprint density at radius 3 is 2.23 bits per heavy atom. The van der Waals surface area contributed by atoms with E-state index in [1.807, 2.05) is 0 Å². The molecule has 2 aliphatic heterocycles. The van der Waals surface area contributed by atoms with Crippen LogP contribution in [0.15, 0.2) is 25.7 Å². The summed E-state index contributed by atoms with van der Waals surface area (Å²) in [7, 11) is 0. The van der Waals surface area contributed by atoms with Crippen LogP contribution in [0.1, 0.15) is 12.8 Å². The third kappa shape index (κ3) is 7.68. The molecular formula is C20H30N2O8. The summed E-state index contributed by atoms with van der Waals surface area (Å²) < 4.78 is 14.9. The monoisotopic (exact) mass is 426 g/mol. The highest BCUT2D eigenvalue weighted by Crippen LogP contribution is 2.21. The predicted molar refractivity (Wildman–Crippen MR) is 105 cm³/mol. The predicted octanol–water partition coefficient (Wildman–Crippen LogP) is 0.495. The molecule has 2 atom stereocenters. The van der Waals surface area contributed by atoms with E-state index in [0.29, 0.717) is 45.8 Å². The van der Waals surface area contributed by atoms with Crippen molar-refractivity contribution in [3.63, 3.8) is 0 Å². The van der Waals surface area contributed by atoms with Crippen LogP contribution < -0.4 is 0 Å². The van der Waals surface area contributed by atoms with Crippen LogP contribution in [0.25, 0.3) is 0 Å². The van der Waals surface area contributed by atoms with Gasteiger partial charge in [0.05, 0.1) is 25.0 Å². The molecule has 2 heterocycles. The van der Waals surface area contributed by atoms with E-state index in [2.05, 4.69) is 13.2 Å². The SMILES string of the molecule is C=COCCOOCC1CC(=O)N(CCN2CC(C(=O)OCCOC=C)CC2=O)C1. The fraction of sp³-hybridized carbons (Fsp3) is 0.650. The first-order valence-electron chi connectivity index (χ1n) is 9.96. The molecule has 2 unspecified atom stereocenters. The van der Waals surface area contributed by atoms with Gasteiger partial charge in [-0.3, -0.25) is 14.4 Å². The maximum atomic E-state index is 12.2. The number of hydrogen-bond donors (Lipinski definition) is 0. The minimum Gasteiger partial charge on any atom is -0.499 e. The Balaban J connectivity index is 1.64. The Morgan fingerprint density at radius 1 is 0.900 bits per heavy atom. The maximum Gasteiger partial charge on any atom is 0.311 e. The van der Waals surface area contributed by atoms with Gasteiger partial charge in [-0.1, -0.05) is 13.2 Å². The third-order valence-corrected chi connectivity index (χ3v) is 4.84. The fourth-order valence-corrected chi connectivity index (χ4v) is 3.33. The smallest absolute Gasteiger partial charge is 0.311 e. The van der Waals surface area contributed by atoms with Crippen molar-refractivity contribution < 1.29 is 38.4 Å². The Labute approximate surface area is 176 Å². The van der Waals surface area contributed by atoms with Crippen LogP contribution in [-0.2, 0) is 38.4 Å². The van der Waals surface area contributed by atoms with Gasteiger partial charge in [0.15, 0.2) is 0 Å². The average molecular weight is 426 g/mol. The summed E-state index contributed by atoms with van der Waals surface area (Å²) in [5, 5.41) is 0. The lowest BCUT2D eigenvalue weighted by atomic mass is 10.1. The van der Waals surface area contributed by atoms with Gasteiger partial charge in [-0.15, -0.1) is 0 Å². The van der Waals surface area contributed by atoms with Gasteiger partial charge in [0.2, 0.25) is 11.8 Å². The molecule has 2 fully saturated rings. The maximum absolute atomic E-state index is 12.2. The Kier molecular flexibility index (Phi) is 10.2. The van der Waals surface area contributed by atoms with Gasteiger partial charge in [0.1, 0.15) is 26.4 Å². The van der Waals surface area contributed by atoms with Crippen LogP contribution >= 0.6 is 0 Å². The Morgan fingerprint density at radius 2 is 1.53 bits per heavy atom. The van der Waals surface area contributed by atoms with Gasteiger partial charge < -0.3 is 24.0 Å². The molecule has 10 heteroatoms. The number of carbonyl (C=O) groups is 3. The van der Waals surface area contributed by atoms with Crippen molar-refractivity contribution in [3.05, 3.63) is 25.7 Å². The second kappa shape index (κ2) is 12.9. The molecule has 0 N–H and O–H groups in total. The van der Waals surface area contributed by atoms with Gasteiger partial charge in [0, 0.05) is 44.9 Å². The molecule has 10 nitrogen and oxygen atoms in total. The summed E-state index contributed by atoms with van der Waals surface area (Å²) in [6.07, 6.45) is 3.10. The second-order valence-electron chi connectivity index (χ2n) is 7.00. The largest absolute Gasteiger partial charge is 0.499 e. The number of hydrogen-bond acceptors (Lipinski definition) is 8.